The fraction of sp³-hybridized carbons (Fsp3) is 0.0455. The first-order valence-electron chi connectivity index (χ1n) is 8.31. The Morgan fingerprint density at radius 2 is 1.66 bits per heavy atom. The minimum atomic E-state index is 0.336. The van der Waals surface area contributed by atoms with Gasteiger partial charge in [-0.25, -0.2) is 0 Å². The minimum absolute atomic E-state index is 0.336. The van der Waals surface area contributed by atoms with E-state index in [1.165, 1.54) is 0 Å². The third-order valence-electron chi connectivity index (χ3n) is 3.97. The fourth-order valence-corrected chi connectivity index (χ4v) is 5.37. The van der Waals surface area contributed by atoms with E-state index < -0.39 is 0 Å². The van der Waals surface area contributed by atoms with Gasteiger partial charge in [-0.3, -0.25) is 0 Å². The van der Waals surface area contributed by atoms with Gasteiger partial charge in [-0.15, -0.1) is 0 Å². The molecule has 0 fully saturated rings. The fourth-order valence-electron chi connectivity index (χ4n) is 2.59. The van der Waals surface area contributed by atoms with Crippen LogP contribution in [-0.4, -0.2) is 0 Å². The Balaban J connectivity index is 1.86. The van der Waals surface area contributed by atoms with Crippen molar-refractivity contribution in [3.05, 3.63) is 93.5 Å². The summed E-state index contributed by atoms with van der Waals surface area (Å²) in [7, 11) is 0. The number of hydrogen-bond donors (Lipinski definition) is 0. The largest absolute Gasteiger partial charge is 0.487 e. The second-order valence-corrected chi connectivity index (χ2v) is 9.62. The monoisotopic (exact) mass is 665 g/mol. The van der Waals surface area contributed by atoms with Gasteiger partial charge in [-0.1, -0.05) is 53.0 Å². The molecule has 7 heteroatoms. The minimum Gasteiger partial charge on any atom is -0.487 e. The third-order valence-corrected chi connectivity index (χ3v) is 6.40. The zero-order valence-electron chi connectivity index (χ0n) is 14.7. The van der Waals surface area contributed by atoms with E-state index in [-0.39, 0.29) is 0 Å². The molecule has 0 aliphatic carbocycles. The SMILES string of the molecule is N#C/C(=C/c1cc(I)c(OCc2ccc(Cl)cc2Cl)c(I)c1)c1cccc(Cl)c1. The molecular formula is C22H12Cl3I2NO. The second-order valence-electron chi connectivity index (χ2n) is 6.02. The van der Waals surface area contributed by atoms with Crippen molar-refractivity contribution in [1.29, 1.82) is 5.26 Å². The predicted molar refractivity (Wildman–Crippen MR) is 138 cm³/mol. The average Bonchev–Trinajstić information content (AvgIpc) is 2.67. The van der Waals surface area contributed by atoms with Crippen LogP contribution in [-0.2, 0) is 6.61 Å². The van der Waals surface area contributed by atoms with Gasteiger partial charge in [0.1, 0.15) is 12.4 Å². The molecule has 0 atom stereocenters. The molecule has 0 heterocycles. The highest BCUT2D eigenvalue weighted by molar-refractivity contribution is 14.1. The highest BCUT2D eigenvalue weighted by atomic mass is 127. The summed E-state index contributed by atoms with van der Waals surface area (Å²) in [6.07, 6.45) is 1.84. The smallest absolute Gasteiger partial charge is 0.146 e. The summed E-state index contributed by atoms with van der Waals surface area (Å²) in [6, 6.07) is 18.8. The Bertz CT molecular complexity index is 1120. The number of benzene rings is 3. The van der Waals surface area contributed by atoms with Crippen molar-refractivity contribution in [1.82, 2.24) is 0 Å². The van der Waals surface area contributed by atoms with Crippen molar-refractivity contribution >= 4 is 91.6 Å². The average molecular weight is 667 g/mol. The Labute approximate surface area is 211 Å². The van der Waals surface area contributed by atoms with E-state index in [1.807, 2.05) is 36.4 Å². The van der Waals surface area contributed by atoms with E-state index in [9.17, 15) is 5.26 Å². The van der Waals surface area contributed by atoms with Gasteiger partial charge in [-0.05, 0) is 98.8 Å². The first-order chi connectivity index (χ1) is 13.9. The second kappa shape index (κ2) is 10.4. The maximum atomic E-state index is 9.57. The molecule has 0 spiro atoms. The zero-order valence-corrected chi connectivity index (χ0v) is 21.3. The third kappa shape index (κ3) is 6.02. The Kier molecular flexibility index (Phi) is 8.11. The quantitative estimate of drug-likeness (QED) is 0.156. The molecule has 146 valence electrons. The lowest BCUT2D eigenvalue weighted by Gasteiger charge is -2.13. The number of nitrogens with zero attached hydrogens (tertiary/aromatic N) is 1. The summed E-state index contributed by atoms with van der Waals surface area (Å²) in [5.41, 5.74) is 3.09. The van der Waals surface area contributed by atoms with Crippen LogP contribution in [0, 0.1) is 18.5 Å². The molecule has 3 aromatic carbocycles. The van der Waals surface area contributed by atoms with E-state index in [0.717, 1.165) is 29.6 Å². The number of ether oxygens (including phenoxy) is 1. The molecule has 2 nitrogen and oxygen atoms in total. The van der Waals surface area contributed by atoms with Crippen LogP contribution in [0.3, 0.4) is 0 Å². The molecule has 0 aromatic heterocycles. The highest BCUT2D eigenvalue weighted by Crippen LogP contribution is 2.32. The van der Waals surface area contributed by atoms with E-state index in [0.29, 0.717) is 27.2 Å². The molecule has 0 aliphatic rings. The molecule has 0 aliphatic heterocycles. The summed E-state index contributed by atoms with van der Waals surface area (Å²) in [5, 5.41) is 11.3. The molecule has 3 aromatic rings. The van der Waals surface area contributed by atoms with Crippen molar-refractivity contribution in [2.45, 2.75) is 6.61 Å². The predicted octanol–water partition coefficient (Wildman–Crippen LogP) is 8.50. The standard InChI is InChI=1S/C22H12Cl3I2NO/c23-17-3-1-2-14(9-17)16(11-28)6-13-7-20(26)22(21(27)8-13)29-12-15-4-5-18(24)10-19(15)25/h1-10H,12H2/b16-6-. The van der Waals surface area contributed by atoms with Crippen molar-refractivity contribution in [3.63, 3.8) is 0 Å². The Morgan fingerprint density at radius 1 is 0.966 bits per heavy atom. The van der Waals surface area contributed by atoms with Crippen LogP contribution in [0.4, 0.5) is 0 Å². The molecular weight excluding hydrogens is 654 g/mol. The van der Waals surface area contributed by atoms with Crippen LogP contribution >= 0.6 is 80.0 Å². The number of nitriles is 1. The van der Waals surface area contributed by atoms with Gasteiger partial charge < -0.3 is 4.74 Å². The van der Waals surface area contributed by atoms with Gasteiger partial charge >= 0.3 is 0 Å². The first kappa shape index (κ1) is 22.7. The Hall–Kier alpha value is -0.980. The van der Waals surface area contributed by atoms with Gasteiger partial charge in [0, 0.05) is 20.6 Å². The summed E-state index contributed by atoms with van der Waals surface area (Å²) in [6.45, 7) is 0.336. The van der Waals surface area contributed by atoms with Crippen molar-refractivity contribution in [2.75, 3.05) is 0 Å². The summed E-state index contributed by atoms with van der Waals surface area (Å²) in [4.78, 5) is 0. The molecule has 0 bridgehead atoms. The van der Waals surface area contributed by atoms with E-state index >= 15 is 0 Å². The molecule has 0 saturated carbocycles. The van der Waals surface area contributed by atoms with Crippen LogP contribution in [0.2, 0.25) is 15.1 Å². The van der Waals surface area contributed by atoms with Crippen LogP contribution < -0.4 is 4.74 Å². The first-order valence-corrected chi connectivity index (χ1v) is 11.6. The van der Waals surface area contributed by atoms with Crippen molar-refractivity contribution in [2.24, 2.45) is 0 Å². The molecule has 0 amide bonds. The number of hydrogen-bond acceptors (Lipinski definition) is 2. The molecule has 29 heavy (non-hydrogen) atoms. The topological polar surface area (TPSA) is 33.0 Å². The van der Waals surface area contributed by atoms with E-state index in [1.54, 1.807) is 24.3 Å². The number of allylic oxidation sites excluding steroid dienone is 1. The number of rotatable bonds is 5. The van der Waals surface area contributed by atoms with Gasteiger partial charge in [0.15, 0.2) is 0 Å². The summed E-state index contributed by atoms with van der Waals surface area (Å²) < 4.78 is 7.89. The lowest BCUT2D eigenvalue weighted by atomic mass is 10.0. The van der Waals surface area contributed by atoms with Gasteiger partial charge in [0.05, 0.1) is 18.8 Å². The van der Waals surface area contributed by atoms with Crippen LogP contribution in [0.5, 0.6) is 5.75 Å². The summed E-state index contributed by atoms with van der Waals surface area (Å²) >= 11 is 22.7. The van der Waals surface area contributed by atoms with Crippen molar-refractivity contribution in [3.8, 4) is 11.8 Å². The highest BCUT2D eigenvalue weighted by Gasteiger charge is 2.11. The zero-order chi connectivity index (χ0) is 21.0. The number of halogens is 5. The van der Waals surface area contributed by atoms with E-state index in [2.05, 4.69) is 51.3 Å². The molecule has 0 radical (unpaired) electrons. The lowest BCUT2D eigenvalue weighted by molar-refractivity contribution is 0.302. The molecule has 3 rings (SSSR count). The van der Waals surface area contributed by atoms with Crippen molar-refractivity contribution < 1.29 is 4.74 Å². The summed E-state index contributed by atoms with van der Waals surface area (Å²) in [5.74, 6) is 0.774. The molecule has 0 N–H and O–H groups in total. The van der Waals surface area contributed by atoms with Crippen LogP contribution in [0.15, 0.2) is 54.6 Å². The van der Waals surface area contributed by atoms with Gasteiger partial charge in [0.25, 0.3) is 0 Å². The molecule has 0 unspecified atom stereocenters. The maximum absolute atomic E-state index is 9.57. The van der Waals surface area contributed by atoms with E-state index in [4.69, 9.17) is 39.5 Å². The maximum Gasteiger partial charge on any atom is 0.146 e. The lowest BCUT2D eigenvalue weighted by Crippen LogP contribution is -2.00. The normalized spacial score (nSPS) is 11.2. The molecule has 0 saturated heterocycles. The van der Waals surface area contributed by atoms with Crippen LogP contribution in [0.1, 0.15) is 16.7 Å². The van der Waals surface area contributed by atoms with Crippen LogP contribution in [0.25, 0.3) is 11.6 Å². The van der Waals surface area contributed by atoms with Gasteiger partial charge in [-0.2, -0.15) is 5.26 Å². The Morgan fingerprint density at radius 3 is 2.28 bits per heavy atom. The van der Waals surface area contributed by atoms with Gasteiger partial charge in [0.2, 0.25) is 0 Å².